The molecule has 0 spiro atoms. The van der Waals surface area contributed by atoms with E-state index in [2.05, 4.69) is 4.90 Å². The number of rotatable bonds is 4. The van der Waals surface area contributed by atoms with Crippen LogP contribution in [0.3, 0.4) is 0 Å². The molecule has 0 amide bonds. The van der Waals surface area contributed by atoms with Crippen molar-refractivity contribution in [2.45, 2.75) is 0 Å². The monoisotopic (exact) mass is 396 g/mol. The minimum Gasteiger partial charge on any atom is -0.495 e. The summed E-state index contributed by atoms with van der Waals surface area (Å²) in [6.45, 7) is 5.56. The van der Waals surface area contributed by atoms with Crippen molar-refractivity contribution in [3.63, 3.8) is 0 Å². The van der Waals surface area contributed by atoms with Crippen LogP contribution in [0.25, 0.3) is 6.08 Å². The Kier molecular flexibility index (Phi) is 10.3. The van der Waals surface area contributed by atoms with Gasteiger partial charge < -0.3 is 28.6 Å². The minimum atomic E-state index is -0.494. The molecule has 1 aliphatic heterocycles. The van der Waals surface area contributed by atoms with Crippen molar-refractivity contribution >= 4 is 11.8 Å². The lowest BCUT2D eigenvalue weighted by Gasteiger charge is -2.26. The summed E-state index contributed by atoms with van der Waals surface area (Å²) in [4.78, 5) is 12.1. The molecule has 9 heteroatoms. The van der Waals surface area contributed by atoms with Crippen molar-refractivity contribution in [1.29, 1.82) is 0 Å². The van der Waals surface area contributed by atoms with Gasteiger partial charge in [-0.1, -0.05) is 6.07 Å². The predicted molar refractivity (Wildman–Crippen MR) is 105 cm³/mol. The molecule has 156 valence electrons. The van der Waals surface area contributed by atoms with Crippen LogP contribution in [0.1, 0.15) is 5.56 Å². The smallest absolute Gasteiger partial charge is 0.235 e. The molecule has 2 rings (SSSR count). The maximum atomic E-state index is 10.5. The molecule has 0 unspecified atom stereocenters. The van der Waals surface area contributed by atoms with E-state index in [-0.39, 0.29) is 0 Å². The molecule has 28 heavy (non-hydrogen) atoms. The molecule has 0 N–H and O–H groups in total. The fourth-order valence-electron chi connectivity index (χ4n) is 2.67. The highest BCUT2D eigenvalue weighted by atomic mass is 16.6. The molecule has 0 radical (unpaired) electrons. The molecule has 0 atom stereocenters. The van der Waals surface area contributed by atoms with E-state index in [1.54, 1.807) is 13.2 Å². The third kappa shape index (κ3) is 8.22. The van der Waals surface area contributed by atoms with Crippen molar-refractivity contribution in [1.82, 2.24) is 0 Å². The van der Waals surface area contributed by atoms with Crippen LogP contribution < -0.4 is 9.64 Å². The van der Waals surface area contributed by atoms with E-state index < -0.39 is 4.92 Å². The Balaban J connectivity index is 2.07. The lowest BCUT2D eigenvalue weighted by Crippen LogP contribution is -2.32. The van der Waals surface area contributed by atoms with Gasteiger partial charge in [0, 0.05) is 19.2 Å². The van der Waals surface area contributed by atoms with Gasteiger partial charge in [-0.05, 0) is 17.7 Å². The normalized spacial score (nSPS) is 18.4. The van der Waals surface area contributed by atoms with E-state index in [0.717, 1.165) is 11.9 Å². The zero-order chi connectivity index (χ0) is 20.0. The van der Waals surface area contributed by atoms with Crippen LogP contribution in [0, 0.1) is 10.1 Å². The number of hydrogen-bond donors (Lipinski definition) is 0. The molecule has 0 saturated carbocycles. The Morgan fingerprint density at radius 3 is 2.00 bits per heavy atom. The number of benzene rings is 1. The molecule has 1 saturated heterocycles. The van der Waals surface area contributed by atoms with Crippen LogP contribution in [0.4, 0.5) is 5.69 Å². The van der Waals surface area contributed by atoms with Crippen molar-refractivity contribution in [3.8, 4) is 5.75 Å². The van der Waals surface area contributed by atoms with Crippen molar-refractivity contribution in [2.24, 2.45) is 0 Å². The van der Waals surface area contributed by atoms with E-state index in [9.17, 15) is 10.1 Å². The Bertz CT molecular complexity index is 608. The molecule has 1 aromatic carbocycles. The van der Waals surface area contributed by atoms with E-state index in [1.807, 2.05) is 12.1 Å². The summed E-state index contributed by atoms with van der Waals surface area (Å²) in [6, 6.07) is 5.48. The number of nitrogens with zero attached hydrogens (tertiary/aromatic N) is 2. The molecule has 1 fully saturated rings. The van der Waals surface area contributed by atoms with Gasteiger partial charge in [-0.2, -0.15) is 0 Å². The van der Waals surface area contributed by atoms with Gasteiger partial charge in [0.05, 0.1) is 70.6 Å². The topological polar surface area (TPSA) is 92.5 Å². The average Bonchev–Trinajstić information content (AvgIpc) is 2.71. The first kappa shape index (κ1) is 22.1. The Morgan fingerprint density at radius 1 is 0.964 bits per heavy atom. The number of hydrogen-bond acceptors (Lipinski definition) is 8. The third-order valence-electron chi connectivity index (χ3n) is 4.06. The Morgan fingerprint density at radius 2 is 1.50 bits per heavy atom. The van der Waals surface area contributed by atoms with Gasteiger partial charge in [0.25, 0.3) is 0 Å². The Labute approximate surface area is 164 Å². The molecule has 1 heterocycles. The summed E-state index contributed by atoms with van der Waals surface area (Å²) in [6.07, 6.45) is 2.34. The zero-order valence-electron chi connectivity index (χ0n) is 16.2. The maximum absolute atomic E-state index is 10.5. The van der Waals surface area contributed by atoms with Gasteiger partial charge in [-0.3, -0.25) is 10.1 Å². The quantitative estimate of drug-likeness (QED) is 0.562. The Hall–Kier alpha value is -2.20. The number of nitro groups is 1. The second-order valence-corrected chi connectivity index (χ2v) is 5.97. The summed E-state index contributed by atoms with van der Waals surface area (Å²) >= 11 is 0. The van der Waals surface area contributed by atoms with Crippen molar-refractivity contribution < 1.29 is 28.6 Å². The van der Waals surface area contributed by atoms with Crippen LogP contribution in [0.2, 0.25) is 0 Å². The number of ether oxygens (including phenoxy) is 5. The predicted octanol–water partition coefficient (Wildman–Crippen LogP) is 1.83. The number of anilines is 1. The summed E-state index contributed by atoms with van der Waals surface area (Å²) in [5.41, 5.74) is 1.57. The van der Waals surface area contributed by atoms with Gasteiger partial charge in [0.2, 0.25) is 6.20 Å². The van der Waals surface area contributed by atoms with Gasteiger partial charge in [0.1, 0.15) is 5.75 Å². The molecular formula is C19H28N2O7. The second kappa shape index (κ2) is 13.1. The largest absolute Gasteiger partial charge is 0.495 e. The highest BCUT2D eigenvalue weighted by molar-refractivity contribution is 5.64. The molecule has 9 nitrogen and oxygen atoms in total. The zero-order valence-corrected chi connectivity index (χ0v) is 16.2. The molecule has 1 aliphatic rings. The highest BCUT2D eigenvalue weighted by Crippen LogP contribution is 2.29. The fourth-order valence-corrected chi connectivity index (χ4v) is 2.67. The van der Waals surface area contributed by atoms with Gasteiger partial charge >= 0.3 is 0 Å². The average molecular weight is 396 g/mol. The molecule has 0 aromatic heterocycles. The summed E-state index contributed by atoms with van der Waals surface area (Å²) in [5.74, 6) is 0.634. The van der Waals surface area contributed by atoms with Gasteiger partial charge in [0.15, 0.2) is 0 Å². The minimum absolute atomic E-state index is 0.494. The van der Waals surface area contributed by atoms with Crippen LogP contribution in [-0.2, 0) is 18.9 Å². The van der Waals surface area contributed by atoms with Crippen molar-refractivity contribution in [3.05, 3.63) is 40.1 Å². The first-order valence-electron chi connectivity index (χ1n) is 9.26. The highest BCUT2D eigenvalue weighted by Gasteiger charge is 2.13. The van der Waals surface area contributed by atoms with Crippen LogP contribution >= 0.6 is 0 Å². The molecule has 1 aromatic rings. The summed E-state index contributed by atoms with van der Waals surface area (Å²) < 4.78 is 27.7. The molecule has 0 aliphatic carbocycles. The van der Waals surface area contributed by atoms with Gasteiger partial charge in [-0.15, -0.1) is 0 Å². The van der Waals surface area contributed by atoms with Gasteiger partial charge in [-0.25, -0.2) is 0 Å². The van der Waals surface area contributed by atoms with Crippen molar-refractivity contribution in [2.75, 3.05) is 78.0 Å². The lowest BCUT2D eigenvalue weighted by atomic mass is 10.1. The lowest BCUT2D eigenvalue weighted by molar-refractivity contribution is -0.400. The molecule has 0 bridgehead atoms. The number of methoxy groups -OCH3 is 1. The van der Waals surface area contributed by atoms with Crippen LogP contribution in [0.15, 0.2) is 24.4 Å². The van der Waals surface area contributed by atoms with E-state index >= 15 is 0 Å². The van der Waals surface area contributed by atoms with E-state index in [4.69, 9.17) is 23.7 Å². The standard InChI is InChI=1S/C19H28N2O7/c1-24-19-16-17(4-5-21(22)23)2-3-18(19)20-6-8-25-10-12-27-14-15-28-13-11-26-9-7-20/h2-5,16H,6-15H2,1H3/b5-4+. The van der Waals surface area contributed by atoms with Crippen LogP contribution in [0.5, 0.6) is 5.75 Å². The fraction of sp³-hybridized carbons (Fsp3) is 0.579. The maximum Gasteiger partial charge on any atom is 0.235 e. The van der Waals surface area contributed by atoms with Crippen LogP contribution in [-0.4, -0.2) is 78.0 Å². The first-order valence-corrected chi connectivity index (χ1v) is 9.26. The summed E-state index contributed by atoms with van der Waals surface area (Å²) in [5, 5.41) is 10.5. The van der Waals surface area contributed by atoms with E-state index in [0.29, 0.717) is 77.3 Å². The first-order chi connectivity index (χ1) is 13.7. The van der Waals surface area contributed by atoms with E-state index in [1.165, 1.54) is 6.08 Å². The SMILES string of the molecule is COc1cc(/C=C/[N+](=O)[O-])ccc1N1CCOCCOCCOCCOCC1. The molecular weight excluding hydrogens is 368 g/mol. The third-order valence-corrected chi connectivity index (χ3v) is 4.06. The summed E-state index contributed by atoms with van der Waals surface area (Å²) in [7, 11) is 1.58. The second-order valence-electron chi connectivity index (χ2n) is 5.97.